The summed E-state index contributed by atoms with van der Waals surface area (Å²) < 4.78 is 12.8. The molecule has 9 nitrogen and oxygen atoms in total. The Balaban J connectivity index is 1.16. The highest BCUT2D eigenvalue weighted by atomic mass is 16.5. The van der Waals surface area contributed by atoms with Gasteiger partial charge in [0.15, 0.2) is 6.61 Å². The van der Waals surface area contributed by atoms with E-state index in [2.05, 4.69) is 15.4 Å². The van der Waals surface area contributed by atoms with Crippen molar-refractivity contribution in [1.82, 2.24) is 24.8 Å². The Bertz CT molecular complexity index is 1250. The third-order valence-electron chi connectivity index (χ3n) is 6.96. The van der Waals surface area contributed by atoms with Gasteiger partial charge in [-0.15, -0.1) is 0 Å². The van der Waals surface area contributed by atoms with Crippen LogP contribution in [0.2, 0.25) is 0 Å². The number of pyridine rings is 1. The number of hydrogen-bond acceptors (Lipinski definition) is 7. The number of nitrogens with zero attached hydrogens (tertiary/aromatic N) is 4. The lowest BCUT2D eigenvalue weighted by molar-refractivity contribution is -0.140. The van der Waals surface area contributed by atoms with Crippen molar-refractivity contribution < 1.29 is 14.1 Å². The summed E-state index contributed by atoms with van der Waals surface area (Å²) in [7, 11) is 0. The number of likely N-dealkylation sites (tertiary alicyclic amines) is 1. The van der Waals surface area contributed by atoms with Gasteiger partial charge in [-0.3, -0.25) is 9.59 Å². The maximum atomic E-state index is 12.6. The average molecular weight is 492 g/mol. The van der Waals surface area contributed by atoms with Crippen molar-refractivity contribution in [1.29, 1.82) is 0 Å². The van der Waals surface area contributed by atoms with Gasteiger partial charge in [0.1, 0.15) is 11.5 Å². The molecule has 0 bridgehead atoms. The van der Waals surface area contributed by atoms with Crippen molar-refractivity contribution in [2.75, 3.05) is 52.4 Å². The van der Waals surface area contributed by atoms with E-state index in [1.807, 2.05) is 49.2 Å². The minimum absolute atomic E-state index is 0.0142. The van der Waals surface area contributed by atoms with E-state index in [1.165, 1.54) is 0 Å². The van der Waals surface area contributed by atoms with Crippen LogP contribution in [0.5, 0.6) is 5.75 Å². The molecule has 0 unspecified atom stereocenters. The molecule has 2 fully saturated rings. The second-order valence-corrected chi connectivity index (χ2v) is 9.73. The molecule has 2 aliphatic heterocycles. The first-order valence-corrected chi connectivity index (χ1v) is 12.5. The fraction of sp³-hybridized carbons (Fsp3) is 0.444. The molecule has 1 aromatic carbocycles. The summed E-state index contributed by atoms with van der Waals surface area (Å²) in [6.07, 6.45) is 1.83. The molecular formula is C27H33N5O4. The topological polar surface area (TPSA) is 92.8 Å². The third kappa shape index (κ3) is 5.52. The fourth-order valence-corrected chi connectivity index (χ4v) is 5.01. The number of nitrogens with one attached hydrogen (secondary N) is 1. The minimum Gasteiger partial charge on any atom is -0.484 e. The van der Waals surface area contributed by atoms with Crippen molar-refractivity contribution in [2.45, 2.75) is 20.4 Å². The van der Waals surface area contributed by atoms with Gasteiger partial charge in [-0.2, -0.15) is 0 Å². The Kier molecular flexibility index (Phi) is 7.20. The number of amides is 1. The van der Waals surface area contributed by atoms with Gasteiger partial charge in [-0.25, -0.2) is 0 Å². The lowest BCUT2D eigenvalue weighted by Crippen LogP contribution is -2.56. The van der Waals surface area contributed by atoms with Crippen LogP contribution in [0.3, 0.4) is 0 Å². The highest BCUT2D eigenvalue weighted by Gasteiger charge is 2.32. The van der Waals surface area contributed by atoms with Gasteiger partial charge in [0, 0.05) is 75.1 Å². The van der Waals surface area contributed by atoms with E-state index in [1.54, 1.807) is 16.7 Å². The molecule has 0 aliphatic carbocycles. The standard InChI is InChI=1S/C27H33N5O4/c1-19-27(20(2)36-29-19)23-6-7-25(33)32(17-23)14-21-4-3-5-24(12-21)35-18-26(34)31-15-22(16-31)13-30-10-8-28-9-11-30/h3-7,12,17,22,28H,8-11,13-16,18H2,1-2H3. The second kappa shape index (κ2) is 10.7. The molecule has 1 amide bonds. The summed E-state index contributed by atoms with van der Waals surface area (Å²) in [6.45, 7) is 11.1. The number of aromatic nitrogens is 2. The molecule has 5 rings (SSSR count). The number of carbonyl (C=O) groups is 1. The van der Waals surface area contributed by atoms with E-state index in [0.717, 1.165) is 74.0 Å². The maximum Gasteiger partial charge on any atom is 0.260 e. The Morgan fingerprint density at radius 1 is 1.17 bits per heavy atom. The first-order chi connectivity index (χ1) is 17.5. The highest BCUT2D eigenvalue weighted by Crippen LogP contribution is 2.26. The Labute approximate surface area is 210 Å². The molecule has 2 aromatic heterocycles. The largest absolute Gasteiger partial charge is 0.484 e. The van der Waals surface area contributed by atoms with Gasteiger partial charge in [0.2, 0.25) is 0 Å². The van der Waals surface area contributed by atoms with Crippen LogP contribution in [-0.2, 0) is 11.3 Å². The number of benzene rings is 1. The van der Waals surface area contributed by atoms with Crippen LogP contribution in [0.15, 0.2) is 51.9 Å². The molecular weight excluding hydrogens is 458 g/mol. The minimum atomic E-state index is -0.0971. The maximum absolute atomic E-state index is 12.6. The molecule has 0 radical (unpaired) electrons. The third-order valence-corrected chi connectivity index (χ3v) is 6.96. The Morgan fingerprint density at radius 2 is 1.97 bits per heavy atom. The van der Waals surface area contributed by atoms with E-state index < -0.39 is 0 Å². The SMILES string of the molecule is Cc1noc(C)c1-c1ccc(=O)n(Cc2cccc(OCC(=O)N3CC(CN4CCNCC4)C3)c2)c1. The smallest absolute Gasteiger partial charge is 0.260 e. The summed E-state index contributed by atoms with van der Waals surface area (Å²) in [5.41, 5.74) is 3.39. The predicted octanol–water partition coefficient (Wildman–Crippen LogP) is 1.91. The Hall–Kier alpha value is -3.43. The van der Waals surface area contributed by atoms with Crippen molar-refractivity contribution in [3.05, 3.63) is 70.0 Å². The normalized spacial score (nSPS) is 16.7. The summed E-state index contributed by atoms with van der Waals surface area (Å²) in [5.74, 6) is 1.90. The number of ether oxygens (including phenoxy) is 1. The van der Waals surface area contributed by atoms with Gasteiger partial charge in [-0.1, -0.05) is 17.3 Å². The van der Waals surface area contributed by atoms with Crippen LogP contribution in [-0.4, -0.2) is 77.9 Å². The number of rotatable bonds is 8. The van der Waals surface area contributed by atoms with E-state index in [0.29, 0.717) is 18.2 Å². The van der Waals surface area contributed by atoms with Crippen LogP contribution < -0.4 is 15.6 Å². The van der Waals surface area contributed by atoms with Gasteiger partial charge in [-0.05, 0) is 37.6 Å². The van der Waals surface area contributed by atoms with Gasteiger partial charge >= 0.3 is 0 Å². The number of piperazine rings is 1. The quantitative estimate of drug-likeness (QED) is 0.515. The number of hydrogen-bond donors (Lipinski definition) is 1. The van der Waals surface area contributed by atoms with Crippen molar-refractivity contribution in [3.8, 4) is 16.9 Å². The predicted molar refractivity (Wildman–Crippen MR) is 136 cm³/mol. The average Bonchev–Trinajstić information content (AvgIpc) is 3.20. The highest BCUT2D eigenvalue weighted by molar-refractivity contribution is 5.78. The van der Waals surface area contributed by atoms with E-state index >= 15 is 0 Å². The zero-order valence-electron chi connectivity index (χ0n) is 20.9. The van der Waals surface area contributed by atoms with Crippen LogP contribution >= 0.6 is 0 Å². The number of aryl methyl sites for hydroxylation is 2. The van der Waals surface area contributed by atoms with Crippen molar-refractivity contribution in [3.63, 3.8) is 0 Å². The summed E-state index contributed by atoms with van der Waals surface area (Å²) in [5, 5.41) is 7.38. The molecule has 0 saturated carbocycles. The summed E-state index contributed by atoms with van der Waals surface area (Å²) >= 11 is 0. The molecule has 36 heavy (non-hydrogen) atoms. The van der Waals surface area contributed by atoms with Gasteiger partial charge in [0.05, 0.1) is 12.2 Å². The lowest BCUT2D eigenvalue weighted by Gasteiger charge is -2.42. The van der Waals surface area contributed by atoms with Crippen LogP contribution in [0.25, 0.3) is 11.1 Å². The molecule has 0 atom stereocenters. The van der Waals surface area contributed by atoms with Crippen molar-refractivity contribution >= 4 is 5.91 Å². The van der Waals surface area contributed by atoms with Gasteiger partial charge in [0.25, 0.3) is 11.5 Å². The summed E-state index contributed by atoms with van der Waals surface area (Å²) in [4.78, 5) is 29.4. The van der Waals surface area contributed by atoms with Gasteiger partial charge < -0.3 is 28.9 Å². The van der Waals surface area contributed by atoms with Crippen LogP contribution in [0.1, 0.15) is 17.0 Å². The summed E-state index contributed by atoms with van der Waals surface area (Å²) in [6, 6.07) is 10.9. The first kappa shape index (κ1) is 24.3. The lowest BCUT2D eigenvalue weighted by atomic mass is 9.99. The molecule has 0 spiro atoms. The van der Waals surface area contributed by atoms with E-state index in [9.17, 15) is 9.59 Å². The zero-order chi connectivity index (χ0) is 25.1. The fourth-order valence-electron chi connectivity index (χ4n) is 5.01. The van der Waals surface area contributed by atoms with Crippen molar-refractivity contribution in [2.24, 2.45) is 5.92 Å². The Morgan fingerprint density at radius 3 is 2.72 bits per heavy atom. The molecule has 190 valence electrons. The molecule has 2 aliphatic rings. The molecule has 3 aromatic rings. The van der Waals surface area contributed by atoms with E-state index in [-0.39, 0.29) is 18.1 Å². The first-order valence-electron chi connectivity index (χ1n) is 12.5. The monoisotopic (exact) mass is 491 g/mol. The second-order valence-electron chi connectivity index (χ2n) is 9.73. The molecule has 2 saturated heterocycles. The molecule has 1 N–H and O–H groups in total. The molecule has 9 heteroatoms. The number of carbonyl (C=O) groups excluding carboxylic acids is 1. The molecule has 4 heterocycles. The zero-order valence-corrected chi connectivity index (χ0v) is 20.9. The van der Waals surface area contributed by atoms with Crippen LogP contribution in [0, 0.1) is 19.8 Å². The van der Waals surface area contributed by atoms with E-state index in [4.69, 9.17) is 9.26 Å². The van der Waals surface area contributed by atoms with Crippen LogP contribution in [0.4, 0.5) is 0 Å².